The van der Waals surface area contributed by atoms with Crippen LogP contribution < -0.4 is 0 Å². The maximum atomic E-state index is 11.8. The Hall–Kier alpha value is -1.11. The van der Waals surface area contributed by atoms with Gasteiger partial charge in [-0.15, -0.1) is 0 Å². The molecular formula is C18H26O. The van der Waals surface area contributed by atoms with Crippen molar-refractivity contribution in [3.8, 4) is 0 Å². The molecule has 104 valence electrons. The molecule has 0 saturated heterocycles. The topological polar surface area (TPSA) is 17.1 Å². The molecule has 0 aliphatic heterocycles. The predicted molar refractivity (Wildman–Crippen MR) is 80.7 cm³/mol. The molecule has 1 aliphatic rings. The zero-order chi connectivity index (χ0) is 13.7. The first-order valence-electron chi connectivity index (χ1n) is 7.83. The van der Waals surface area contributed by atoms with E-state index in [1.807, 2.05) is 0 Å². The van der Waals surface area contributed by atoms with Crippen molar-refractivity contribution in [3.63, 3.8) is 0 Å². The zero-order valence-corrected chi connectivity index (χ0v) is 12.4. The van der Waals surface area contributed by atoms with Gasteiger partial charge in [0.2, 0.25) is 0 Å². The van der Waals surface area contributed by atoms with Crippen molar-refractivity contribution in [2.45, 2.75) is 65.2 Å². The minimum Gasteiger partial charge on any atom is -0.295 e. The van der Waals surface area contributed by atoms with Gasteiger partial charge in [0, 0.05) is 5.56 Å². The highest BCUT2D eigenvalue weighted by Crippen LogP contribution is 2.28. The zero-order valence-electron chi connectivity index (χ0n) is 12.4. The molecule has 0 amide bonds. The van der Waals surface area contributed by atoms with E-state index in [9.17, 15) is 4.79 Å². The van der Waals surface area contributed by atoms with Crippen molar-refractivity contribution in [2.24, 2.45) is 5.92 Å². The molecule has 0 atom stereocenters. The lowest BCUT2D eigenvalue weighted by Crippen LogP contribution is -2.09. The molecule has 0 spiro atoms. The van der Waals surface area contributed by atoms with Gasteiger partial charge in [-0.3, -0.25) is 4.79 Å². The van der Waals surface area contributed by atoms with Gasteiger partial charge in [-0.2, -0.15) is 0 Å². The normalized spacial score (nSPS) is 16.5. The summed E-state index contributed by atoms with van der Waals surface area (Å²) in [4.78, 5) is 11.8. The van der Waals surface area contributed by atoms with Crippen molar-refractivity contribution in [1.29, 1.82) is 0 Å². The lowest BCUT2D eigenvalue weighted by Gasteiger charge is -2.21. The summed E-state index contributed by atoms with van der Waals surface area (Å²) in [5.74, 6) is 1.10. The largest absolute Gasteiger partial charge is 0.295 e. The lowest BCUT2D eigenvalue weighted by molar-refractivity contribution is 0.101. The summed E-state index contributed by atoms with van der Waals surface area (Å²) >= 11 is 0. The van der Waals surface area contributed by atoms with E-state index in [4.69, 9.17) is 0 Å². The molecule has 0 aromatic heterocycles. The minimum atomic E-state index is 0.217. The molecule has 0 unspecified atom stereocenters. The van der Waals surface area contributed by atoms with Gasteiger partial charge in [0.25, 0.3) is 0 Å². The molecule has 0 heterocycles. The van der Waals surface area contributed by atoms with E-state index >= 15 is 0 Å². The molecule has 1 nitrogen and oxygen atoms in total. The third kappa shape index (κ3) is 3.92. The smallest absolute Gasteiger partial charge is 0.160 e. The molecular weight excluding hydrogens is 232 g/mol. The number of aryl methyl sites for hydroxylation is 2. The standard InChI is InChI=1S/C18H26O/c1-3-15-9-11-17(18(13-15)14(2)19)12-10-16-7-5-4-6-8-16/h9,11,13,16H,3-8,10,12H2,1-2H3. The van der Waals surface area contributed by atoms with Gasteiger partial charge in [0.1, 0.15) is 0 Å². The SMILES string of the molecule is CCc1ccc(CCC2CCCCC2)c(C(C)=O)c1. The van der Waals surface area contributed by atoms with Crippen LogP contribution in [0.2, 0.25) is 0 Å². The van der Waals surface area contributed by atoms with Gasteiger partial charge in [-0.1, -0.05) is 51.2 Å². The molecule has 0 radical (unpaired) electrons. The Morgan fingerprint density at radius 2 is 1.95 bits per heavy atom. The van der Waals surface area contributed by atoms with Gasteiger partial charge in [-0.05, 0) is 49.3 Å². The number of hydrogen-bond donors (Lipinski definition) is 0. The Morgan fingerprint density at radius 3 is 2.58 bits per heavy atom. The lowest BCUT2D eigenvalue weighted by atomic mass is 9.84. The van der Waals surface area contributed by atoms with E-state index < -0.39 is 0 Å². The number of hydrogen-bond acceptors (Lipinski definition) is 1. The van der Waals surface area contributed by atoms with Gasteiger partial charge < -0.3 is 0 Å². The van der Waals surface area contributed by atoms with Crippen LogP contribution in [0, 0.1) is 5.92 Å². The number of carbonyl (C=O) groups excluding carboxylic acids is 1. The van der Waals surface area contributed by atoms with E-state index in [-0.39, 0.29) is 5.78 Å². The Balaban J connectivity index is 2.04. The first-order valence-corrected chi connectivity index (χ1v) is 7.83. The van der Waals surface area contributed by atoms with Crippen molar-refractivity contribution in [1.82, 2.24) is 0 Å². The van der Waals surface area contributed by atoms with E-state index in [0.717, 1.165) is 24.3 Å². The first-order chi connectivity index (χ1) is 9.20. The Bertz CT molecular complexity index is 427. The first kappa shape index (κ1) is 14.3. The number of carbonyl (C=O) groups is 1. The Morgan fingerprint density at radius 1 is 1.21 bits per heavy atom. The molecule has 19 heavy (non-hydrogen) atoms. The van der Waals surface area contributed by atoms with Crippen molar-refractivity contribution >= 4 is 5.78 Å². The molecule has 0 N–H and O–H groups in total. The summed E-state index contributed by atoms with van der Waals surface area (Å²) in [6, 6.07) is 6.46. The second-order valence-corrected chi connectivity index (χ2v) is 5.94. The molecule has 1 heteroatoms. The molecule has 1 saturated carbocycles. The van der Waals surface area contributed by atoms with Crippen molar-refractivity contribution < 1.29 is 4.79 Å². The van der Waals surface area contributed by atoms with E-state index in [2.05, 4.69) is 25.1 Å². The maximum absolute atomic E-state index is 11.8. The van der Waals surface area contributed by atoms with Gasteiger partial charge in [0.15, 0.2) is 5.78 Å². The van der Waals surface area contributed by atoms with Crippen LogP contribution >= 0.6 is 0 Å². The van der Waals surface area contributed by atoms with Crippen LogP contribution in [-0.2, 0) is 12.8 Å². The highest BCUT2D eigenvalue weighted by Gasteiger charge is 2.15. The van der Waals surface area contributed by atoms with Crippen LogP contribution in [0.4, 0.5) is 0 Å². The maximum Gasteiger partial charge on any atom is 0.160 e. The molecule has 1 aromatic carbocycles. The summed E-state index contributed by atoms with van der Waals surface area (Å²) in [6.45, 7) is 3.83. The molecule has 2 rings (SSSR count). The third-order valence-electron chi connectivity index (χ3n) is 4.51. The van der Waals surface area contributed by atoms with Crippen molar-refractivity contribution in [2.75, 3.05) is 0 Å². The second kappa shape index (κ2) is 6.88. The number of rotatable bonds is 5. The number of ketones is 1. The highest BCUT2D eigenvalue weighted by atomic mass is 16.1. The van der Waals surface area contributed by atoms with Gasteiger partial charge >= 0.3 is 0 Å². The van der Waals surface area contributed by atoms with Crippen LogP contribution in [0.3, 0.4) is 0 Å². The van der Waals surface area contributed by atoms with Crippen molar-refractivity contribution in [3.05, 3.63) is 34.9 Å². The molecule has 1 aliphatic carbocycles. The minimum absolute atomic E-state index is 0.217. The fraction of sp³-hybridized carbons (Fsp3) is 0.611. The van der Waals surface area contributed by atoms with Gasteiger partial charge in [-0.25, -0.2) is 0 Å². The van der Waals surface area contributed by atoms with Crippen LogP contribution in [0.5, 0.6) is 0 Å². The van der Waals surface area contributed by atoms with Gasteiger partial charge in [0.05, 0.1) is 0 Å². The van der Waals surface area contributed by atoms with Crippen LogP contribution in [0.25, 0.3) is 0 Å². The third-order valence-corrected chi connectivity index (χ3v) is 4.51. The molecule has 0 bridgehead atoms. The van der Waals surface area contributed by atoms with E-state index in [0.29, 0.717) is 0 Å². The molecule has 1 aromatic rings. The fourth-order valence-corrected chi connectivity index (χ4v) is 3.22. The summed E-state index contributed by atoms with van der Waals surface area (Å²) in [6.07, 6.45) is 10.3. The van der Waals surface area contributed by atoms with Crippen LogP contribution in [-0.4, -0.2) is 5.78 Å². The summed E-state index contributed by atoms with van der Waals surface area (Å²) in [7, 11) is 0. The summed E-state index contributed by atoms with van der Waals surface area (Å²) in [5, 5.41) is 0. The van der Waals surface area contributed by atoms with Crippen LogP contribution in [0.1, 0.15) is 73.9 Å². The average molecular weight is 258 g/mol. The fourth-order valence-electron chi connectivity index (χ4n) is 3.22. The average Bonchev–Trinajstić information content (AvgIpc) is 2.46. The second-order valence-electron chi connectivity index (χ2n) is 5.94. The summed E-state index contributed by atoms with van der Waals surface area (Å²) < 4.78 is 0. The number of Topliss-reactive ketones (excluding diaryl/α,β-unsaturated/α-hetero) is 1. The highest BCUT2D eigenvalue weighted by molar-refractivity contribution is 5.95. The monoisotopic (exact) mass is 258 g/mol. The molecule has 1 fully saturated rings. The number of benzene rings is 1. The van der Waals surface area contributed by atoms with E-state index in [1.54, 1.807) is 6.92 Å². The van der Waals surface area contributed by atoms with E-state index in [1.165, 1.54) is 49.7 Å². The quantitative estimate of drug-likeness (QED) is 0.682. The Kier molecular flexibility index (Phi) is 5.18. The summed E-state index contributed by atoms with van der Waals surface area (Å²) in [5.41, 5.74) is 3.48. The Labute approximate surface area is 117 Å². The van der Waals surface area contributed by atoms with Crippen LogP contribution in [0.15, 0.2) is 18.2 Å². The predicted octanol–water partition coefficient (Wildman–Crippen LogP) is 4.96.